The smallest absolute Gasteiger partial charge is 0.406 e. The van der Waals surface area contributed by atoms with Gasteiger partial charge in [-0.2, -0.15) is 0 Å². The molecule has 2 rings (SSSR count). The van der Waals surface area contributed by atoms with Crippen LogP contribution in [0.2, 0.25) is 0 Å². The lowest BCUT2D eigenvalue weighted by Crippen LogP contribution is -2.20. The highest BCUT2D eigenvalue weighted by molar-refractivity contribution is 9.10. The van der Waals surface area contributed by atoms with E-state index < -0.39 is 24.0 Å². The standard InChI is InChI=1S/C14H9BrF4N2O2/c15-8-4-11(7-12(5-8)23-14(17,18)19)21-13(22)20-10-3-1-2-9(16)6-10/h1-7H,(H2,20,21,22). The van der Waals surface area contributed by atoms with Crippen molar-refractivity contribution in [1.29, 1.82) is 0 Å². The van der Waals surface area contributed by atoms with Crippen LogP contribution in [-0.2, 0) is 0 Å². The number of nitrogens with one attached hydrogen (secondary N) is 2. The number of ether oxygens (including phenoxy) is 1. The van der Waals surface area contributed by atoms with E-state index in [4.69, 9.17) is 0 Å². The SMILES string of the molecule is O=C(Nc1cccc(F)c1)Nc1cc(Br)cc(OC(F)(F)F)c1. The molecule has 9 heteroatoms. The number of rotatable bonds is 3. The van der Waals surface area contributed by atoms with Crippen LogP contribution in [0.4, 0.5) is 33.7 Å². The molecular formula is C14H9BrF4N2O2. The van der Waals surface area contributed by atoms with Gasteiger partial charge < -0.3 is 15.4 Å². The predicted molar refractivity (Wildman–Crippen MR) is 79.9 cm³/mol. The molecule has 2 aromatic rings. The van der Waals surface area contributed by atoms with E-state index in [1.54, 1.807) is 0 Å². The van der Waals surface area contributed by atoms with Crippen molar-refractivity contribution in [1.82, 2.24) is 0 Å². The topological polar surface area (TPSA) is 50.4 Å². The third-order valence-corrected chi connectivity index (χ3v) is 2.90. The molecule has 0 aromatic heterocycles. The first-order valence-electron chi connectivity index (χ1n) is 6.11. The Bertz CT molecular complexity index is 722. The van der Waals surface area contributed by atoms with Gasteiger partial charge in [0, 0.05) is 21.9 Å². The van der Waals surface area contributed by atoms with E-state index in [1.165, 1.54) is 24.3 Å². The third kappa shape index (κ3) is 5.78. The Balaban J connectivity index is 2.08. The molecule has 0 heterocycles. The van der Waals surface area contributed by atoms with Crippen molar-refractivity contribution < 1.29 is 27.1 Å². The highest BCUT2D eigenvalue weighted by Gasteiger charge is 2.31. The average molecular weight is 393 g/mol. The molecule has 0 bridgehead atoms. The zero-order valence-electron chi connectivity index (χ0n) is 11.2. The lowest BCUT2D eigenvalue weighted by atomic mass is 10.3. The summed E-state index contributed by atoms with van der Waals surface area (Å²) in [5.41, 5.74) is 0.261. The molecule has 0 unspecified atom stereocenters. The van der Waals surface area contributed by atoms with Crippen LogP contribution in [0.3, 0.4) is 0 Å². The molecule has 0 saturated carbocycles. The van der Waals surface area contributed by atoms with Crippen molar-refractivity contribution in [2.45, 2.75) is 6.36 Å². The minimum atomic E-state index is -4.85. The van der Waals surface area contributed by atoms with Gasteiger partial charge in [0.1, 0.15) is 11.6 Å². The van der Waals surface area contributed by atoms with E-state index in [2.05, 4.69) is 31.3 Å². The van der Waals surface area contributed by atoms with Gasteiger partial charge in [-0.25, -0.2) is 9.18 Å². The van der Waals surface area contributed by atoms with Crippen LogP contribution >= 0.6 is 15.9 Å². The lowest BCUT2D eigenvalue weighted by molar-refractivity contribution is -0.274. The summed E-state index contributed by atoms with van der Waals surface area (Å²) >= 11 is 3.02. The fraction of sp³-hybridized carbons (Fsp3) is 0.0714. The summed E-state index contributed by atoms with van der Waals surface area (Å²) in [5.74, 6) is -1.03. The number of halogens is 5. The number of hydrogen-bond acceptors (Lipinski definition) is 2. The minimum Gasteiger partial charge on any atom is -0.406 e. The van der Waals surface area contributed by atoms with Gasteiger partial charge in [0.05, 0.1) is 0 Å². The van der Waals surface area contributed by atoms with Crippen molar-refractivity contribution in [3.8, 4) is 5.75 Å². The summed E-state index contributed by atoms with van der Waals surface area (Å²) in [4.78, 5) is 11.8. The Morgan fingerprint density at radius 3 is 2.39 bits per heavy atom. The number of hydrogen-bond donors (Lipinski definition) is 2. The molecule has 0 radical (unpaired) electrons. The summed E-state index contributed by atoms with van der Waals surface area (Å²) in [6.45, 7) is 0. The van der Waals surface area contributed by atoms with Gasteiger partial charge >= 0.3 is 12.4 Å². The molecule has 0 saturated heterocycles. The molecule has 2 N–H and O–H groups in total. The van der Waals surface area contributed by atoms with Crippen LogP contribution in [0.15, 0.2) is 46.9 Å². The molecule has 0 aliphatic heterocycles. The van der Waals surface area contributed by atoms with Crippen molar-refractivity contribution in [2.24, 2.45) is 0 Å². The predicted octanol–water partition coefficient (Wildman–Crippen LogP) is 5.13. The van der Waals surface area contributed by atoms with Crippen molar-refractivity contribution in [3.05, 3.63) is 52.8 Å². The third-order valence-electron chi connectivity index (χ3n) is 2.45. The zero-order chi connectivity index (χ0) is 17.0. The second-order valence-electron chi connectivity index (χ2n) is 4.31. The van der Waals surface area contributed by atoms with Crippen LogP contribution < -0.4 is 15.4 Å². The normalized spacial score (nSPS) is 11.0. The van der Waals surface area contributed by atoms with Gasteiger partial charge in [-0.15, -0.1) is 13.2 Å². The maximum Gasteiger partial charge on any atom is 0.573 e. The molecule has 0 aliphatic carbocycles. The van der Waals surface area contributed by atoms with Gasteiger partial charge in [0.15, 0.2) is 0 Å². The molecule has 4 nitrogen and oxygen atoms in total. The molecule has 0 atom stereocenters. The number of anilines is 2. The van der Waals surface area contributed by atoms with Crippen LogP contribution in [0.25, 0.3) is 0 Å². The van der Waals surface area contributed by atoms with Crippen LogP contribution in [-0.4, -0.2) is 12.4 Å². The maximum atomic E-state index is 13.0. The summed E-state index contributed by atoms with van der Waals surface area (Å²) in [6.07, 6.45) is -4.85. The Morgan fingerprint density at radius 2 is 1.74 bits per heavy atom. The van der Waals surface area contributed by atoms with E-state index in [0.717, 1.165) is 18.2 Å². The Hall–Kier alpha value is -2.29. The molecule has 0 aliphatic rings. The summed E-state index contributed by atoms with van der Waals surface area (Å²) in [7, 11) is 0. The maximum absolute atomic E-state index is 13.0. The number of carbonyl (C=O) groups is 1. The highest BCUT2D eigenvalue weighted by atomic mass is 79.9. The van der Waals surface area contributed by atoms with E-state index in [9.17, 15) is 22.4 Å². The molecule has 0 spiro atoms. The first kappa shape index (κ1) is 17.1. The van der Waals surface area contributed by atoms with Crippen molar-refractivity contribution >= 4 is 33.3 Å². The quantitative estimate of drug-likeness (QED) is 0.711. The first-order valence-corrected chi connectivity index (χ1v) is 6.90. The molecular weight excluding hydrogens is 384 g/mol. The van der Waals surface area contributed by atoms with Crippen LogP contribution in [0.1, 0.15) is 0 Å². The second kappa shape index (κ2) is 6.86. The Morgan fingerprint density at radius 1 is 1.04 bits per heavy atom. The molecule has 2 aromatic carbocycles. The summed E-state index contributed by atoms with van der Waals surface area (Å²) in [6, 6.07) is 7.91. The number of urea groups is 1. The summed E-state index contributed by atoms with van der Waals surface area (Å²) in [5, 5.41) is 4.68. The Labute approximate surface area is 136 Å². The van der Waals surface area contributed by atoms with Gasteiger partial charge in [-0.05, 0) is 30.3 Å². The summed E-state index contributed by atoms with van der Waals surface area (Å²) < 4.78 is 53.7. The fourth-order valence-electron chi connectivity index (χ4n) is 1.69. The van der Waals surface area contributed by atoms with E-state index in [0.29, 0.717) is 0 Å². The van der Waals surface area contributed by atoms with Gasteiger partial charge in [0.2, 0.25) is 0 Å². The molecule has 23 heavy (non-hydrogen) atoms. The largest absolute Gasteiger partial charge is 0.573 e. The van der Waals surface area contributed by atoms with E-state index >= 15 is 0 Å². The van der Waals surface area contributed by atoms with Gasteiger partial charge in [-0.3, -0.25) is 0 Å². The second-order valence-corrected chi connectivity index (χ2v) is 5.23. The number of alkyl halides is 3. The van der Waals surface area contributed by atoms with Crippen molar-refractivity contribution in [2.75, 3.05) is 10.6 Å². The lowest BCUT2D eigenvalue weighted by Gasteiger charge is -2.12. The first-order chi connectivity index (χ1) is 10.7. The van der Waals surface area contributed by atoms with Gasteiger partial charge in [-0.1, -0.05) is 22.0 Å². The molecule has 2 amide bonds. The number of amides is 2. The van der Waals surface area contributed by atoms with Crippen molar-refractivity contribution in [3.63, 3.8) is 0 Å². The Kier molecular flexibility index (Phi) is 5.09. The van der Waals surface area contributed by atoms with Crippen LogP contribution in [0.5, 0.6) is 5.75 Å². The fourth-order valence-corrected chi connectivity index (χ4v) is 2.16. The van der Waals surface area contributed by atoms with E-state index in [-0.39, 0.29) is 15.8 Å². The monoisotopic (exact) mass is 392 g/mol. The zero-order valence-corrected chi connectivity index (χ0v) is 12.8. The number of benzene rings is 2. The van der Waals surface area contributed by atoms with Crippen LogP contribution in [0, 0.1) is 5.82 Å². The van der Waals surface area contributed by atoms with Gasteiger partial charge in [0.25, 0.3) is 0 Å². The highest BCUT2D eigenvalue weighted by Crippen LogP contribution is 2.29. The minimum absolute atomic E-state index is 0.0625. The average Bonchev–Trinajstić information content (AvgIpc) is 2.35. The molecule has 0 fully saturated rings. The number of carbonyl (C=O) groups excluding carboxylic acids is 1. The van der Waals surface area contributed by atoms with E-state index in [1.807, 2.05) is 0 Å². The molecule has 122 valence electrons.